The number of hydrogen-bond acceptors (Lipinski definition) is 4. The summed E-state index contributed by atoms with van der Waals surface area (Å²) in [6.07, 6.45) is 6.13. The summed E-state index contributed by atoms with van der Waals surface area (Å²) >= 11 is 0. The van der Waals surface area contributed by atoms with Crippen LogP contribution in [0.1, 0.15) is 111 Å². The molecule has 192 valence electrons. The molecule has 0 aliphatic heterocycles. The number of aromatic carboxylic acids is 1. The molecule has 0 bridgehead atoms. The van der Waals surface area contributed by atoms with Gasteiger partial charge in [0.2, 0.25) is 0 Å². The van der Waals surface area contributed by atoms with Crippen LogP contribution in [-0.2, 0) is 6.54 Å². The minimum absolute atomic E-state index is 0.237. The molecule has 37 heavy (non-hydrogen) atoms. The van der Waals surface area contributed by atoms with Gasteiger partial charge in [0.1, 0.15) is 11.3 Å². The first-order valence-corrected chi connectivity index (χ1v) is 13.5. The van der Waals surface area contributed by atoms with Crippen molar-refractivity contribution in [2.24, 2.45) is 0 Å². The Bertz CT molecular complexity index is 1410. The molecule has 4 aromatic rings. The third-order valence-electron chi connectivity index (χ3n) is 7.58. The molecular formula is C31H36N4O2. The number of imidazole rings is 1. The lowest BCUT2D eigenvalue weighted by Crippen LogP contribution is -2.14. The number of hydrogen-bond donors (Lipinski definition) is 1. The maximum absolute atomic E-state index is 11.7. The Morgan fingerprint density at radius 1 is 0.919 bits per heavy atom. The van der Waals surface area contributed by atoms with E-state index in [1.54, 1.807) is 12.1 Å². The predicted octanol–water partition coefficient (Wildman–Crippen LogP) is 7.53. The molecule has 1 fully saturated rings. The highest BCUT2D eigenvalue weighted by molar-refractivity contribution is 5.96. The number of nitrogens with zero attached hydrogens (tertiary/aromatic N) is 4. The molecular weight excluding hydrogens is 460 g/mol. The van der Waals surface area contributed by atoms with Crippen LogP contribution >= 0.6 is 0 Å². The van der Waals surface area contributed by atoms with Crippen molar-refractivity contribution in [1.29, 1.82) is 0 Å². The van der Waals surface area contributed by atoms with Crippen molar-refractivity contribution in [3.63, 3.8) is 0 Å². The van der Waals surface area contributed by atoms with Crippen LogP contribution in [0.25, 0.3) is 22.2 Å². The molecule has 0 spiro atoms. The van der Waals surface area contributed by atoms with Crippen molar-refractivity contribution in [2.45, 2.75) is 84.1 Å². The second-order valence-electron chi connectivity index (χ2n) is 10.9. The van der Waals surface area contributed by atoms with Gasteiger partial charge in [0.25, 0.3) is 0 Å². The molecule has 2 aromatic heterocycles. The quantitative estimate of drug-likeness (QED) is 0.286. The molecule has 6 nitrogen and oxygen atoms in total. The average molecular weight is 497 g/mol. The van der Waals surface area contributed by atoms with Gasteiger partial charge in [-0.15, -0.1) is 0 Å². The summed E-state index contributed by atoms with van der Waals surface area (Å²) in [5.41, 5.74) is 7.20. The lowest BCUT2D eigenvalue weighted by Gasteiger charge is -2.23. The van der Waals surface area contributed by atoms with Gasteiger partial charge in [-0.3, -0.25) is 0 Å². The Morgan fingerprint density at radius 3 is 2.22 bits per heavy atom. The molecule has 5 rings (SSSR count). The molecule has 1 aliphatic carbocycles. The average Bonchev–Trinajstić information content (AvgIpc) is 3.28. The van der Waals surface area contributed by atoms with Gasteiger partial charge in [-0.05, 0) is 47.4 Å². The van der Waals surface area contributed by atoms with Crippen LogP contribution in [0.5, 0.6) is 0 Å². The zero-order valence-corrected chi connectivity index (χ0v) is 22.2. The van der Waals surface area contributed by atoms with Crippen molar-refractivity contribution in [3.05, 3.63) is 76.9 Å². The predicted molar refractivity (Wildman–Crippen MR) is 147 cm³/mol. The fraction of sp³-hybridized carbons (Fsp3) is 0.419. The molecule has 0 radical (unpaired) electrons. The van der Waals surface area contributed by atoms with Gasteiger partial charge < -0.3 is 9.67 Å². The number of carboxylic acids is 1. The first kappa shape index (κ1) is 25.1. The lowest BCUT2D eigenvalue weighted by molar-refractivity contribution is 0.0697. The normalized spacial score (nSPS) is 14.6. The van der Waals surface area contributed by atoms with E-state index in [2.05, 4.69) is 49.5 Å². The van der Waals surface area contributed by atoms with Crippen molar-refractivity contribution in [3.8, 4) is 11.1 Å². The first-order valence-electron chi connectivity index (χ1n) is 13.5. The molecule has 0 atom stereocenters. The number of benzene rings is 2. The van der Waals surface area contributed by atoms with Crippen molar-refractivity contribution in [1.82, 2.24) is 19.7 Å². The van der Waals surface area contributed by atoms with Crippen molar-refractivity contribution >= 4 is 17.0 Å². The fourth-order valence-corrected chi connectivity index (χ4v) is 5.61. The molecule has 1 N–H and O–H groups in total. The van der Waals surface area contributed by atoms with E-state index in [0.29, 0.717) is 18.0 Å². The maximum Gasteiger partial charge on any atom is 0.336 e. The summed E-state index contributed by atoms with van der Waals surface area (Å²) in [5, 5.41) is 18.9. The number of carboxylic acid groups (broad SMARTS) is 1. The summed E-state index contributed by atoms with van der Waals surface area (Å²) in [5.74, 6) is 1.18. The Labute approximate surface area is 218 Å². The summed E-state index contributed by atoms with van der Waals surface area (Å²) in [6, 6.07) is 15.4. The highest BCUT2D eigenvalue weighted by Gasteiger charge is 2.27. The second kappa shape index (κ2) is 10.4. The van der Waals surface area contributed by atoms with Gasteiger partial charge in [-0.1, -0.05) is 89.4 Å². The molecule has 2 aromatic carbocycles. The van der Waals surface area contributed by atoms with Crippen LogP contribution < -0.4 is 0 Å². The van der Waals surface area contributed by atoms with E-state index in [0.717, 1.165) is 44.9 Å². The topological polar surface area (TPSA) is 80.9 Å². The molecule has 0 amide bonds. The number of aromatic nitrogens is 4. The van der Waals surface area contributed by atoms with E-state index in [9.17, 15) is 9.90 Å². The number of carbonyl (C=O) groups is 1. The van der Waals surface area contributed by atoms with Gasteiger partial charge in [0, 0.05) is 12.5 Å². The Balaban J connectivity index is 1.61. The molecule has 6 heteroatoms. The van der Waals surface area contributed by atoms with E-state index in [-0.39, 0.29) is 11.8 Å². The minimum Gasteiger partial charge on any atom is -0.478 e. The van der Waals surface area contributed by atoms with Crippen LogP contribution in [0.15, 0.2) is 48.5 Å². The van der Waals surface area contributed by atoms with Crippen LogP contribution in [0, 0.1) is 0 Å². The fourth-order valence-electron chi connectivity index (χ4n) is 5.61. The largest absolute Gasteiger partial charge is 0.478 e. The summed E-state index contributed by atoms with van der Waals surface area (Å²) in [4.78, 5) is 17.0. The maximum atomic E-state index is 11.7. The smallest absolute Gasteiger partial charge is 0.336 e. The SMILES string of the molecule is CC(C)c1nnc(C(C)C)c2c1nc(C1CCCCC1)n2Cc1ccc(-c2ccccc2C(=O)O)cc1. The number of fused-ring (bicyclic) bond motifs is 1. The molecule has 1 saturated carbocycles. The monoisotopic (exact) mass is 496 g/mol. The van der Waals surface area contributed by atoms with E-state index >= 15 is 0 Å². The second-order valence-corrected chi connectivity index (χ2v) is 10.9. The molecule has 0 unspecified atom stereocenters. The summed E-state index contributed by atoms with van der Waals surface area (Å²) in [7, 11) is 0. The van der Waals surface area contributed by atoms with Gasteiger partial charge in [0.15, 0.2) is 0 Å². The van der Waals surface area contributed by atoms with Crippen LogP contribution in [-0.4, -0.2) is 30.8 Å². The highest BCUT2D eigenvalue weighted by atomic mass is 16.4. The third kappa shape index (κ3) is 4.89. The van der Waals surface area contributed by atoms with Gasteiger partial charge >= 0.3 is 5.97 Å². The zero-order chi connectivity index (χ0) is 26.1. The van der Waals surface area contributed by atoms with Crippen molar-refractivity contribution in [2.75, 3.05) is 0 Å². The minimum atomic E-state index is -0.912. The van der Waals surface area contributed by atoms with Crippen LogP contribution in [0.3, 0.4) is 0 Å². The third-order valence-corrected chi connectivity index (χ3v) is 7.58. The van der Waals surface area contributed by atoms with Gasteiger partial charge in [-0.25, -0.2) is 9.78 Å². The van der Waals surface area contributed by atoms with Gasteiger partial charge in [0.05, 0.1) is 22.5 Å². The lowest BCUT2D eigenvalue weighted by atomic mass is 9.88. The first-order chi connectivity index (χ1) is 17.8. The Hall–Kier alpha value is -3.54. The molecule has 0 saturated heterocycles. The van der Waals surface area contributed by atoms with E-state index in [1.807, 2.05) is 24.3 Å². The Morgan fingerprint density at radius 2 is 1.57 bits per heavy atom. The Kier molecular flexibility index (Phi) is 7.09. The van der Waals surface area contributed by atoms with Crippen LogP contribution in [0.4, 0.5) is 0 Å². The van der Waals surface area contributed by atoms with E-state index in [1.165, 1.54) is 32.1 Å². The van der Waals surface area contributed by atoms with E-state index < -0.39 is 5.97 Å². The summed E-state index contributed by atoms with van der Waals surface area (Å²) in [6.45, 7) is 9.36. The highest BCUT2D eigenvalue weighted by Crippen LogP contribution is 2.37. The molecule has 2 heterocycles. The molecule has 1 aliphatic rings. The zero-order valence-electron chi connectivity index (χ0n) is 22.2. The van der Waals surface area contributed by atoms with Crippen LogP contribution in [0.2, 0.25) is 0 Å². The standard InChI is InChI=1S/C31H36N4O2/c1-19(2)26-28-29(27(20(3)4)34-33-26)35(30(32-28)23-10-6-5-7-11-23)18-21-14-16-22(17-15-21)24-12-8-9-13-25(24)31(36)37/h8-9,12-17,19-20,23H,5-7,10-11,18H2,1-4H3,(H,36,37). The van der Waals surface area contributed by atoms with E-state index in [4.69, 9.17) is 10.1 Å². The number of rotatable bonds is 7. The summed E-state index contributed by atoms with van der Waals surface area (Å²) < 4.78 is 2.40. The van der Waals surface area contributed by atoms with Crippen molar-refractivity contribution < 1.29 is 9.90 Å². The van der Waals surface area contributed by atoms with Gasteiger partial charge in [-0.2, -0.15) is 10.2 Å².